The average molecular weight is 457 g/mol. The number of hydrogen-bond acceptors (Lipinski definition) is 7. The molecule has 0 saturated carbocycles. The molecule has 0 aromatic heterocycles. The van der Waals surface area contributed by atoms with Gasteiger partial charge < -0.3 is 24.7 Å². The van der Waals surface area contributed by atoms with Crippen LogP contribution in [-0.4, -0.2) is 47.8 Å². The van der Waals surface area contributed by atoms with Gasteiger partial charge in [0.1, 0.15) is 29.4 Å². The molecule has 7 heteroatoms. The third-order valence-electron chi connectivity index (χ3n) is 5.27. The molecule has 2 aromatic rings. The zero-order chi connectivity index (χ0) is 24.8. The van der Waals surface area contributed by atoms with Crippen LogP contribution in [0.2, 0.25) is 0 Å². The smallest absolute Gasteiger partial charge is 0.342 e. The molecule has 0 spiro atoms. The van der Waals surface area contributed by atoms with Crippen molar-refractivity contribution in [1.29, 1.82) is 0 Å². The second-order valence-corrected chi connectivity index (χ2v) is 9.12. The van der Waals surface area contributed by atoms with Gasteiger partial charge in [-0.15, -0.1) is 0 Å². The van der Waals surface area contributed by atoms with E-state index in [-0.39, 0.29) is 29.4 Å². The minimum absolute atomic E-state index is 0.0140. The van der Waals surface area contributed by atoms with Gasteiger partial charge >= 0.3 is 5.97 Å². The Hall–Kier alpha value is -3.22. The predicted molar refractivity (Wildman–Crippen MR) is 131 cm³/mol. The van der Waals surface area contributed by atoms with Crippen LogP contribution in [0.4, 0.5) is 5.69 Å². The van der Waals surface area contributed by atoms with Gasteiger partial charge in [0.25, 0.3) is 0 Å². The summed E-state index contributed by atoms with van der Waals surface area (Å²) in [4.78, 5) is 14.3. The maximum atomic E-state index is 12.0. The van der Waals surface area contributed by atoms with E-state index in [1.807, 2.05) is 12.1 Å². The van der Waals surface area contributed by atoms with Crippen LogP contribution in [0.3, 0.4) is 0 Å². The first-order valence-electron chi connectivity index (χ1n) is 11.3. The Morgan fingerprint density at radius 2 is 1.76 bits per heavy atom. The molecule has 0 heterocycles. The number of carbonyl (C=O) groups is 1. The fourth-order valence-corrected chi connectivity index (χ4v) is 3.53. The molecule has 0 aliphatic heterocycles. The van der Waals surface area contributed by atoms with E-state index in [2.05, 4.69) is 50.7 Å². The number of phenols is 1. The van der Waals surface area contributed by atoms with Gasteiger partial charge in [-0.3, -0.25) is 0 Å². The Kier molecular flexibility index (Phi) is 8.74. The van der Waals surface area contributed by atoms with Crippen molar-refractivity contribution in [1.82, 2.24) is 0 Å². The van der Waals surface area contributed by atoms with Gasteiger partial charge in [-0.2, -0.15) is 0 Å². The number of aromatic hydroxyl groups is 1. The van der Waals surface area contributed by atoms with Crippen LogP contribution < -0.4 is 9.64 Å². The highest BCUT2D eigenvalue weighted by Gasteiger charge is 2.22. The summed E-state index contributed by atoms with van der Waals surface area (Å²) in [7, 11) is 0. The summed E-state index contributed by atoms with van der Waals surface area (Å²) < 4.78 is 10.9. The number of nitrogens with zero attached hydrogens (tertiary/aromatic N) is 2. The van der Waals surface area contributed by atoms with Crippen LogP contribution in [0.25, 0.3) is 0 Å². The number of anilines is 1. The Morgan fingerprint density at radius 1 is 1.09 bits per heavy atom. The van der Waals surface area contributed by atoms with Crippen molar-refractivity contribution < 1.29 is 24.6 Å². The molecule has 0 bridgehead atoms. The normalized spacial score (nSPS) is 12.1. The van der Waals surface area contributed by atoms with Gasteiger partial charge in [-0.25, -0.2) is 4.79 Å². The van der Waals surface area contributed by atoms with Crippen LogP contribution in [0.15, 0.2) is 41.6 Å². The predicted octanol–water partition coefficient (Wildman–Crippen LogP) is 5.36. The van der Waals surface area contributed by atoms with Crippen molar-refractivity contribution in [2.24, 2.45) is 5.16 Å². The number of phenolic OH excluding ortho intramolecular Hbond substituents is 1. The van der Waals surface area contributed by atoms with E-state index in [4.69, 9.17) is 9.47 Å². The van der Waals surface area contributed by atoms with Gasteiger partial charge in [0.2, 0.25) is 0 Å². The number of rotatable bonds is 9. The summed E-state index contributed by atoms with van der Waals surface area (Å²) in [5.41, 5.74) is 3.36. The monoisotopic (exact) mass is 456 g/mol. The van der Waals surface area contributed by atoms with E-state index < -0.39 is 5.97 Å². The van der Waals surface area contributed by atoms with E-state index in [0.717, 1.165) is 29.9 Å². The molecular weight excluding hydrogens is 420 g/mol. The molecule has 0 aliphatic carbocycles. The quantitative estimate of drug-likeness (QED) is 0.228. The molecule has 2 aromatic carbocycles. The molecule has 0 fully saturated rings. The average Bonchev–Trinajstić information content (AvgIpc) is 2.74. The largest absolute Gasteiger partial charge is 0.507 e. The van der Waals surface area contributed by atoms with E-state index in [9.17, 15) is 15.1 Å². The zero-order valence-electron chi connectivity index (χ0n) is 20.7. The molecule has 2 N–H and O–H groups in total. The molecule has 0 saturated heterocycles. The number of oxime groups is 1. The molecule has 7 nitrogen and oxygen atoms in total. The van der Waals surface area contributed by atoms with Crippen LogP contribution in [0, 0.1) is 0 Å². The SMILES string of the molecule is CCN(CC)c1ccc(/C(COc2ccc(C(=O)OC(C)C)c(O)c2)=N\O)cc1C(C)(C)C. The Labute approximate surface area is 196 Å². The van der Waals surface area contributed by atoms with Crippen molar-refractivity contribution in [3.63, 3.8) is 0 Å². The second kappa shape index (κ2) is 11.1. The van der Waals surface area contributed by atoms with Gasteiger partial charge in [0.15, 0.2) is 0 Å². The molecule has 0 aliphatic rings. The molecule has 0 radical (unpaired) electrons. The fraction of sp³-hybridized carbons (Fsp3) is 0.462. The minimum Gasteiger partial charge on any atom is -0.507 e. The molecule has 0 unspecified atom stereocenters. The van der Waals surface area contributed by atoms with E-state index in [0.29, 0.717) is 11.5 Å². The van der Waals surface area contributed by atoms with Crippen LogP contribution in [-0.2, 0) is 10.2 Å². The maximum Gasteiger partial charge on any atom is 0.342 e. The highest BCUT2D eigenvalue weighted by atomic mass is 16.5. The Morgan fingerprint density at radius 3 is 2.27 bits per heavy atom. The third-order valence-corrected chi connectivity index (χ3v) is 5.27. The van der Waals surface area contributed by atoms with Crippen molar-refractivity contribution in [3.05, 3.63) is 53.1 Å². The van der Waals surface area contributed by atoms with Crippen molar-refractivity contribution >= 4 is 17.4 Å². The first kappa shape index (κ1) is 26.0. The number of carbonyl (C=O) groups excluding carboxylic acids is 1. The van der Waals surface area contributed by atoms with E-state index in [1.165, 1.54) is 12.1 Å². The molecule has 33 heavy (non-hydrogen) atoms. The molecule has 2 rings (SSSR count). The highest BCUT2D eigenvalue weighted by Crippen LogP contribution is 2.33. The molecule has 0 atom stereocenters. The van der Waals surface area contributed by atoms with Gasteiger partial charge in [-0.1, -0.05) is 32.0 Å². The van der Waals surface area contributed by atoms with E-state index >= 15 is 0 Å². The fourth-order valence-electron chi connectivity index (χ4n) is 3.53. The van der Waals surface area contributed by atoms with Crippen molar-refractivity contribution in [2.45, 2.75) is 60.0 Å². The third kappa shape index (κ3) is 6.63. The number of ether oxygens (including phenoxy) is 2. The second-order valence-electron chi connectivity index (χ2n) is 9.12. The van der Waals surface area contributed by atoms with Gasteiger partial charge in [-0.05, 0) is 62.9 Å². The maximum absolute atomic E-state index is 12.0. The number of hydrogen-bond donors (Lipinski definition) is 2. The first-order valence-corrected chi connectivity index (χ1v) is 11.3. The summed E-state index contributed by atoms with van der Waals surface area (Å²) in [6.45, 7) is 16.0. The van der Waals surface area contributed by atoms with Crippen LogP contribution in [0.1, 0.15) is 70.0 Å². The number of esters is 1. The lowest BCUT2D eigenvalue weighted by molar-refractivity contribution is 0.0374. The van der Waals surface area contributed by atoms with Crippen LogP contribution in [0.5, 0.6) is 11.5 Å². The summed E-state index contributed by atoms with van der Waals surface area (Å²) in [5, 5.41) is 23.3. The summed E-state index contributed by atoms with van der Waals surface area (Å²) in [6.07, 6.45) is -0.290. The molecular formula is C26H36N2O5. The van der Waals surface area contributed by atoms with Crippen molar-refractivity contribution in [3.8, 4) is 11.5 Å². The lowest BCUT2D eigenvalue weighted by Crippen LogP contribution is -2.27. The van der Waals surface area contributed by atoms with Crippen molar-refractivity contribution in [2.75, 3.05) is 24.6 Å². The lowest BCUT2D eigenvalue weighted by Gasteiger charge is -2.30. The highest BCUT2D eigenvalue weighted by molar-refractivity contribution is 6.02. The molecule has 0 amide bonds. The van der Waals surface area contributed by atoms with Crippen LogP contribution >= 0.6 is 0 Å². The summed E-state index contributed by atoms with van der Waals surface area (Å²) in [5.74, 6) is -0.501. The lowest BCUT2D eigenvalue weighted by atomic mass is 9.84. The minimum atomic E-state index is -0.602. The topological polar surface area (TPSA) is 91.6 Å². The number of benzene rings is 2. The van der Waals surface area contributed by atoms with Gasteiger partial charge in [0.05, 0.1) is 6.10 Å². The summed E-state index contributed by atoms with van der Waals surface area (Å²) in [6, 6.07) is 10.4. The first-order chi connectivity index (χ1) is 15.5. The van der Waals surface area contributed by atoms with E-state index in [1.54, 1.807) is 19.9 Å². The summed E-state index contributed by atoms with van der Waals surface area (Å²) >= 11 is 0. The van der Waals surface area contributed by atoms with Gasteiger partial charge in [0, 0.05) is 30.4 Å². The zero-order valence-corrected chi connectivity index (χ0v) is 20.7. The standard InChI is InChI=1S/C26H36N2O5/c1-8-28(9-2)23-13-10-18(14-21(23)26(5,6)7)22(27-31)16-32-19-11-12-20(24(29)15-19)25(30)33-17(3)4/h10-15,17,29,31H,8-9,16H2,1-7H3/b27-22-. The molecule has 180 valence electrons. The Bertz CT molecular complexity index is 989. The Balaban J connectivity index is 2.25.